The van der Waals surface area contributed by atoms with Gasteiger partial charge in [0, 0.05) is 17.1 Å². The quantitative estimate of drug-likeness (QED) is 0.664. The zero-order valence-electron chi connectivity index (χ0n) is 10.9. The van der Waals surface area contributed by atoms with E-state index in [1.54, 1.807) is 18.2 Å². The number of rotatable bonds is 6. The van der Waals surface area contributed by atoms with E-state index in [1.165, 1.54) is 0 Å². The molecule has 18 heavy (non-hydrogen) atoms. The summed E-state index contributed by atoms with van der Waals surface area (Å²) in [5.74, 6) is 0. The fourth-order valence-electron chi connectivity index (χ4n) is 1.68. The maximum absolute atomic E-state index is 3.98. The predicted molar refractivity (Wildman–Crippen MR) is 78.1 cm³/mol. The van der Waals surface area contributed by atoms with E-state index in [-0.39, 0.29) is 0 Å². The van der Waals surface area contributed by atoms with Gasteiger partial charge >= 0.3 is 0 Å². The van der Waals surface area contributed by atoms with Gasteiger partial charge in [-0.3, -0.25) is 0 Å². The molecule has 1 fully saturated rings. The minimum absolute atomic E-state index is 0.719. The van der Waals surface area contributed by atoms with Gasteiger partial charge < -0.3 is 14.7 Å². The van der Waals surface area contributed by atoms with E-state index in [2.05, 4.69) is 54.2 Å². The Morgan fingerprint density at radius 2 is 0.833 bits per heavy atom. The highest BCUT2D eigenvalue weighted by Gasteiger charge is 2.23. The molecule has 0 saturated carbocycles. The second kappa shape index (κ2) is 5.96. The summed E-state index contributed by atoms with van der Waals surface area (Å²) < 4.78 is 0. The molecule has 0 spiro atoms. The molecule has 0 aromatic rings. The minimum atomic E-state index is 0.719. The SMILES string of the molecule is C=CC(=C)N1CN(C(=C)C=C)CN(C(=C)C=C)C1. The van der Waals surface area contributed by atoms with E-state index in [0.29, 0.717) is 0 Å². The van der Waals surface area contributed by atoms with Gasteiger partial charge in [0.15, 0.2) is 0 Å². The lowest BCUT2D eigenvalue weighted by molar-refractivity contribution is 0.0379. The second-order valence-corrected chi connectivity index (χ2v) is 4.13. The lowest BCUT2D eigenvalue weighted by atomic mass is 10.3. The lowest BCUT2D eigenvalue weighted by Crippen LogP contribution is -2.52. The molecule has 1 rings (SSSR count). The van der Waals surface area contributed by atoms with Crippen molar-refractivity contribution < 1.29 is 0 Å². The lowest BCUT2D eigenvalue weighted by Gasteiger charge is -2.45. The highest BCUT2D eigenvalue weighted by atomic mass is 15.5. The molecule has 0 amide bonds. The van der Waals surface area contributed by atoms with Crippen LogP contribution in [0.4, 0.5) is 0 Å². The van der Waals surface area contributed by atoms with Gasteiger partial charge in [0.05, 0.1) is 20.0 Å². The number of hydrogen-bond acceptors (Lipinski definition) is 3. The monoisotopic (exact) mass is 243 g/mol. The summed E-state index contributed by atoms with van der Waals surface area (Å²) in [7, 11) is 0. The van der Waals surface area contributed by atoms with E-state index in [0.717, 1.165) is 37.1 Å². The number of allylic oxidation sites excluding steroid dienone is 3. The van der Waals surface area contributed by atoms with Gasteiger partial charge in [0.25, 0.3) is 0 Å². The minimum Gasteiger partial charge on any atom is -0.337 e. The van der Waals surface area contributed by atoms with Crippen molar-refractivity contribution in [1.82, 2.24) is 14.7 Å². The molecule has 3 nitrogen and oxygen atoms in total. The number of nitrogens with zero attached hydrogens (tertiary/aromatic N) is 3. The first kappa shape index (κ1) is 13.9. The Kier molecular flexibility index (Phi) is 4.60. The van der Waals surface area contributed by atoms with Crippen molar-refractivity contribution in [2.75, 3.05) is 20.0 Å². The summed E-state index contributed by atoms with van der Waals surface area (Å²) in [5.41, 5.74) is 2.62. The van der Waals surface area contributed by atoms with Gasteiger partial charge in [-0.1, -0.05) is 39.5 Å². The fraction of sp³-hybridized carbons (Fsp3) is 0.200. The van der Waals surface area contributed by atoms with Crippen LogP contribution >= 0.6 is 0 Å². The molecule has 96 valence electrons. The summed E-state index contributed by atoms with van der Waals surface area (Å²) in [4.78, 5) is 6.29. The molecule has 0 unspecified atom stereocenters. The third kappa shape index (κ3) is 2.94. The van der Waals surface area contributed by atoms with Gasteiger partial charge in [0.2, 0.25) is 0 Å². The van der Waals surface area contributed by atoms with E-state index in [4.69, 9.17) is 0 Å². The van der Waals surface area contributed by atoms with E-state index >= 15 is 0 Å². The summed E-state index contributed by atoms with van der Waals surface area (Å²) >= 11 is 0. The Balaban J connectivity index is 2.91. The van der Waals surface area contributed by atoms with E-state index in [9.17, 15) is 0 Å². The van der Waals surface area contributed by atoms with Crippen molar-refractivity contribution in [3.8, 4) is 0 Å². The molecule has 0 bridgehead atoms. The highest BCUT2D eigenvalue weighted by Crippen LogP contribution is 2.19. The molecule has 0 N–H and O–H groups in total. The molecule has 0 aromatic heterocycles. The normalized spacial score (nSPS) is 15.0. The van der Waals surface area contributed by atoms with Crippen LogP contribution in [0.3, 0.4) is 0 Å². The predicted octanol–water partition coefficient (Wildman–Crippen LogP) is 2.88. The molecular formula is C15H21N3. The molecule has 3 heteroatoms. The van der Waals surface area contributed by atoms with Gasteiger partial charge in [0.1, 0.15) is 0 Å². The molecule has 0 radical (unpaired) electrons. The van der Waals surface area contributed by atoms with Crippen LogP contribution < -0.4 is 0 Å². The molecule has 0 aromatic carbocycles. The van der Waals surface area contributed by atoms with Crippen molar-refractivity contribution in [2.45, 2.75) is 0 Å². The van der Waals surface area contributed by atoms with Crippen LogP contribution in [0.5, 0.6) is 0 Å². The number of hydrogen-bond donors (Lipinski definition) is 0. The first-order valence-corrected chi connectivity index (χ1v) is 5.72. The Labute approximate surface area is 110 Å². The van der Waals surface area contributed by atoms with Crippen LogP contribution in [0.15, 0.2) is 74.8 Å². The maximum atomic E-state index is 3.98. The average molecular weight is 243 g/mol. The van der Waals surface area contributed by atoms with Crippen molar-refractivity contribution in [3.63, 3.8) is 0 Å². The molecule has 1 aliphatic heterocycles. The van der Waals surface area contributed by atoms with Gasteiger partial charge in [-0.2, -0.15) is 0 Å². The largest absolute Gasteiger partial charge is 0.337 e. The maximum Gasteiger partial charge on any atom is 0.0937 e. The molecule has 0 aliphatic carbocycles. The Bertz CT molecular complexity index is 338. The van der Waals surface area contributed by atoms with Gasteiger partial charge in [-0.15, -0.1) is 0 Å². The molecule has 1 heterocycles. The zero-order valence-corrected chi connectivity index (χ0v) is 10.9. The second-order valence-electron chi connectivity index (χ2n) is 4.13. The van der Waals surface area contributed by atoms with Crippen LogP contribution in [0.2, 0.25) is 0 Å². The van der Waals surface area contributed by atoms with Crippen LogP contribution in [0, 0.1) is 0 Å². The Hall–Kier alpha value is -2.16. The molecule has 0 atom stereocenters. The van der Waals surface area contributed by atoms with Crippen LogP contribution in [0.1, 0.15) is 0 Å². The van der Waals surface area contributed by atoms with Gasteiger partial charge in [-0.25, -0.2) is 0 Å². The third-order valence-electron chi connectivity index (χ3n) is 2.95. The highest BCUT2D eigenvalue weighted by molar-refractivity contribution is 5.17. The summed E-state index contributed by atoms with van der Waals surface area (Å²) in [5, 5.41) is 0. The smallest absolute Gasteiger partial charge is 0.0937 e. The van der Waals surface area contributed by atoms with E-state index < -0.39 is 0 Å². The molecule has 1 aliphatic rings. The first-order valence-electron chi connectivity index (χ1n) is 5.72. The van der Waals surface area contributed by atoms with Crippen molar-refractivity contribution in [3.05, 3.63) is 74.8 Å². The molecular weight excluding hydrogens is 222 g/mol. The summed E-state index contributed by atoms with van der Waals surface area (Å²) in [6.45, 7) is 25.4. The van der Waals surface area contributed by atoms with Crippen molar-refractivity contribution in [1.29, 1.82) is 0 Å². The first-order chi connectivity index (χ1) is 8.53. The van der Waals surface area contributed by atoms with E-state index in [1.807, 2.05) is 0 Å². The van der Waals surface area contributed by atoms with Crippen LogP contribution in [-0.4, -0.2) is 34.7 Å². The average Bonchev–Trinajstić information content (AvgIpc) is 2.43. The summed E-state index contributed by atoms with van der Waals surface area (Å²) in [6.07, 6.45) is 5.24. The summed E-state index contributed by atoms with van der Waals surface area (Å²) in [6, 6.07) is 0. The standard InChI is InChI=1S/C15H21N3/c1-7-13(4)16-10-17(14(5)8-2)12-18(11-16)15(6)9-3/h7-9H,1-6,10-12H2. The van der Waals surface area contributed by atoms with Gasteiger partial charge in [-0.05, 0) is 18.2 Å². The fourth-order valence-corrected chi connectivity index (χ4v) is 1.68. The Morgan fingerprint density at radius 1 is 0.611 bits per heavy atom. The molecule has 1 saturated heterocycles. The Morgan fingerprint density at radius 3 is 1.00 bits per heavy atom. The van der Waals surface area contributed by atoms with Crippen molar-refractivity contribution >= 4 is 0 Å². The zero-order chi connectivity index (χ0) is 13.7. The topological polar surface area (TPSA) is 9.72 Å². The third-order valence-corrected chi connectivity index (χ3v) is 2.95. The van der Waals surface area contributed by atoms with Crippen molar-refractivity contribution in [2.24, 2.45) is 0 Å². The van der Waals surface area contributed by atoms with Crippen LogP contribution in [-0.2, 0) is 0 Å². The van der Waals surface area contributed by atoms with Crippen LogP contribution in [0.25, 0.3) is 0 Å².